The van der Waals surface area contributed by atoms with E-state index in [0.717, 1.165) is 30.5 Å². The Morgan fingerprint density at radius 3 is 2.69 bits per heavy atom. The van der Waals surface area contributed by atoms with Crippen molar-refractivity contribution >= 4 is 0 Å². The zero-order valence-corrected chi connectivity index (χ0v) is 10.1. The van der Waals surface area contributed by atoms with Crippen LogP contribution in [-0.2, 0) is 0 Å². The predicted molar refractivity (Wildman–Crippen MR) is 66.9 cm³/mol. The molecule has 0 bridgehead atoms. The van der Waals surface area contributed by atoms with Gasteiger partial charge in [0.25, 0.3) is 0 Å². The molecule has 0 saturated heterocycles. The van der Waals surface area contributed by atoms with Crippen molar-refractivity contribution in [2.75, 3.05) is 6.54 Å². The van der Waals surface area contributed by atoms with Crippen molar-refractivity contribution in [2.45, 2.75) is 32.7 Å². The van der Waals surface area contributed by atoms with Gasteiger partial charge in [-0.15, -0.1) is 6.58 Å². The molecule has 0 heterocycles. The number of benzene rings is 1. The molecule has 0 radical (unpaired) electrons. The van der Waals surface area contributed by atoms with E-state index in [1.54, 1.807) is 6.07 Å². The first-order valence-electron chi connectivity index (χ1n) is 5.77. The fourth-order valence-corrected chi connectivity index (χ4v) is 1.76. The summed E-state index contributed by atoms with van der Waals surface area (Å²) in [5.41, 5.74) is 1.89. The Hall–Kier alpha value is -1.15. The molecule has 0 aromatic heterocycles. The molecule has 1 rings (SSSR count). The van der Waals surface area contributed by atoms with E-state index in [1.807, 2.05) is 26.0 Å². The Bertz CT molecular complexity index is 346. The molecule has 1 atom stereocenters. The van der Waals surface area contributed by atoms with E-state index in [4.69, 9.17) is 0 Å². The van der Waals surface area contributed by atoms with Gasteiger partial charge in [-0.1, -0.05) is 30.7 Å². The number of allylic oxidation sites excluding steroid dienone is 1. The molecular weight excluding hydrogens is 201 g/mol. The summed E-state index contributed by atoms with van der Waals surface area (Å²) in [4.78, 5) is 0. The van der Waals surface area contributed by atoms with Gasteiger partial charge in [0.2, 0.25) is 0 Å². The molecule has 88 valence electrons. The van der Waals surface area contributed by atoms with Crippen molar-refractivity contribution in [1.29, 1.82) is 0 Å². The number of hydrogen-bond acceptors (Lipinski definition) is 1. The van der Waals surface area contributed by atoms with Crippen LogP contribution in [-0.4, -0.2) is 6.54 Å². The summed E-state index contributed by atoms with van der Waals surface area (Å²) in [7, 11) is 0. The molecule has 0 amide bonds. The summed E-state index contributed by atoms with van der Waals surface area (Å²) in [6.45, 7) is 8.76. The SMILES string of the molecule is C=C(C)CCC(NCC)c1ccccc1F. The molecule has 1 N–H and O–H groups in total. The van der Waals surface area contributed by atoms with Crippen LogP contribution < -0.4 is 5.32 Å². The van der Waals surface area contributed by atoms with Gasteiger partial charge < -0.3 is 5.32 Å². The molecule has 1 unspecified atom stereocenters. The Kier molecular flexibility index (Phi) is 5.20. The quantitative estimate of drug-likeness (QED) is 0.720. The molecule has 0 aliphatic carbocycles. The molecule has 0 spiro atoms. The first kappa shape index (κ1) is 12.9. The second kappa shape index (κ2) is 6.44. The maximum atomic E-state index is 13.6. The average molecular weight is 221 g/mol. The smallest absolute Gasteiger partial charge is 0.127 e. The van der Waals surface area contributed by atoms with Gasteiger partial charge in [-0.2, -0.15) is 0 Å². The fourth-order valence-electron chi connectivity index (χ4n) is 1.76. The maximum absolute atomic E-state index is 13.6. The first-order chi connectivity index (χ1) is 7.65. The van der Waals surface area contributed by atoms with Crippen LogP contribution in [0.2, 0.25) is 0 Å². The third kappa shape index (κ3) is 3.78. The van der Waals surface area contributed by atoms with Crippen molar-refractivity contribution in [3.8, 4) is 0 Å². The number of rotatable bonds is 6. The van der Waals surface area contributed by atoms with Crippen LogP contribution in [0.5, 0.6) is 0 Å². The van der Waals surface area contributed by atoms with E-state index in [9.17, 15) is 4.39 Å². The zero-order chi connectivity index (χ0) is 12.0. The highest BCUT2D eigenvalue weighted by Crippen LogP contribution is 2.22. The van der Waals surface area contributed by atoms with Gasteiger partial charge in [0, 0.05) is 11.6 Å². The summed E-state index contributed by atoms with van der Waals surface area (Å²) in [5.74, 6) is -0.129. The summed E-state index contributed by atoms with van der Waals surface area (Å²) in [6.07, 6.45) is 1.82. The highest BCUT2D eigenvalue weighted by Gasteiger charge is 2.13. The molecule has 0 saturated carbocycles. The second-order valence-corrected chi connectivity index (χ2v) is 4.13. The van der Waals surface area contributed by atoms with E-state index in [0.29, 0.717) is 0 Å². The van der Waals surface area contributed by atoms with Crippen LogP contribution in [0.25, 0.3) is 0 Å². The van der Waals surface area contributed by atoms with Gasteiger partial charge in [-0.25, -0.2) is 4.39 Å². The van der Waals surface area contributed by atoms with Crippen LogP contribution >= 0.6 is 0 Å². The minimum atomic E-state index is -0.129. The Labute approximate surface area is 97.4 Å². The van der Waals surface area contributed by atoms with Gasteiger partial charge >= 0.3 is 0 Å². The van der Waals surface area contributed by atoms with Gasteiger partial charge in [0.05, 0.1) is 0 Å². The van der Waals surface area contributed by atoms with Crippen LogP contribution in [0, 0.1) is 5.82 Å². The van der Waals surface area contributed by atoms with E-state index < -0.39 is 0 Å². The van der Waals surface area contributed by atoms with E-state index in [2.05, 4.69) is 11.9 Å². The summed E-state index contributed by atoms with van der Waals surface area (Å²) >= 11 is 0. The lowest BCUT2D eigenvalue weighted by atomic mass is 9.99. The standard InChI is InChI=1S/C14H20FN/c1-4-16-14(10-9-11(2)3)12-7-5-6-8-13(12)15/h5-8,14,16H,2,4,9-10H2,1,3H3. The summed E-state index contributed by atoms with van der Waals surface area (Å²) in [6, 6.07) is 7.05. The van der Waals surface area contributed by atoms with Crippen LogP contribution in [0.4, 0.5) is 4.39 Å². The molecule has 2 heteroatoms. The highest BCUT2D eigenvalue weighted by atomic mass is 19.1. The topological polar surface area (TPSA) is 12.0 Å². The van der Waals surface area contributed by atoms with Gasteiger partial charge in [0.1, 0.15) is 5.82 Å². The van der Waals surface area contributed by atoms with Crippen molar-refractivity contribution < 1.29 is 4.39 Å². The van der Waals surface area contributed by atoms with Crippen LogP contribution in [0.15, 0.2) is 36.4 Å². The Balaban J connectivity index is 2.76. The molecule has 1 aromatic rings. The molecule has 1 nitrogen and oxygen atoms in total. The summed E-state index contributed by atoms with van der Waals surface area (Å²) < 4.78 is 13.6. The van der Waals surface area contributed by atoms with E-state index >= 15 is 0 Å². The minimum absolute atomic E-state index is 0.0860. The Morgan fingerprint density at radius 1 is 1.44 bits per heavy atom. The molecule has 0 fully saturated rings. The van der Waals surface area contributed by atoms with E-state index in [-0.39, 0.29) is 11.9 Å². The normalized spacial score (nSPS) is 12.4. The van der Waals surface area contributed by atoms with Crippen molar-refractivity contribution in [1.82, 2.24) is 5.32 Å². The average Bonchev–Trinajstić information content (AvgIpc) is 2.25. The number of hydrogen-bond donors (Lipinski definition) is 1. The summed E-state index contributed by atoms with van der Waals surface area (Å²) in [5, 5.41) is 3.31. The van der Waals surface area contributed by atoms with Gasteiger partial charge in [0.15, 0.2) is 0 Å². The molecule has 0 aliphatic rings. The van der Waals surface area contributed by atoms with E-state index in [1.165, 1.54) is 6.07 Å². The number of nitrogens with one attached hydrogen (secondary N) is 1. The largest absolute Gasteiger partial charge is 0.310 e. The van der Waals surface area contributed by atoms with Crippen molar-refractivity contribution in [3.05, 3.63) is 47.8 Å². The third-order valence-electron chi connectivity index (χ3n) is 2.59. The Morgan fingerprint density at radius 2 is 2.12 bits per heavy atom. The lowest BCUT2D eigenvalue weighted by molar-refractivity contribution is 0.485. The van der Waals surface area contributed by atoms with Crippen molar-refractivity contribution in [2.24, 2.45) is 0 Å². The lowest BCUT2D eigenvalue weighted by Gasteiger charge is -2.18. The zero-order valence-electron chi connectivity index (χ0n) is 10.1. The molecule has 0 aliphatic heterocycles. The lowest BCUT2D eigenvalue weighted by Crippen LogP contribution is -2.21. The van der Waals surface area contributed by atoms with Gasteiger partial charge in [-0.05, 0) is 32.4 Å². The molecule has 16 heavy (non-hydrogen) atoms. The van der Waals surface area contributed by atoms with Crippen molar-refractivity contribution in [3.63, 3.8) is 0 Å². The predicted octanol–water partition coefficient (Wildman–Crippen LogP) is 3.83. The van der Waals surface area contributed by atoms with Gasteiger partial charge in [-0.3, -0.25) is 0 Å². The number of halogens is 1. The maximum Gasteiger partial charge on any atom is 0.127 e. The third-order valence-corrected chi connectivity index (χ3v) is 2.59. The van der Waals surface area contributed by atoms with Crippen LogP contribution in [0.3, 0.4) is 0 Å². The fraction of sp³-hybridized carbons (Fsp3) is 0.429. The highest BCUT2D eigenvalue weighted by molar-refractivity contribution is 5.21. The molecule has 1 aromatic carbocycles. The minimum Gasteiger partial charge on any atom is -0.310 e. The van der Waals surface area contributed by atoms with Crippen LogP contribution in [0.1, 0.15) is 38.3 Å². The second-order valence-electron chi connectivity index (χ2n) is 4.13. The monoisotopic (exact) mass is 221 g/mol. The first-order valence-corrected chi connectivity index (χ1v) is 5.77. The molecular formula is C14H20FN.